The molecule has 7 heteroatoms. The third-order valence-electron chi connectivity index (χ3n) is 4.74. The van der Waals surface area contributed by atoms with Gasteiger partial charge in [-0.1, -0.05) is 51.1 Å². The molecule has 28 heavy (non-hydrogen) atoms. The van der Waals surface area contributed by atoms with Crippen molar-refractivity contribution in [3.8, 4) is 0 Å². The number of carboxylic acid groups (broad SMARTS) is 2. The van der Waals surface area contributed by atoms with Gasteiger partial charge in [0.05, 0.1) is 0 Å². The third-order valence-corrected chi connectivity index (χ3v) is 4.74. The average molecular weight is 393 g/mol. The zero-order valence-electron chi connectivity index (χ0n) is 17.5. The normalized spacial score (nSPS) is 14.1. The monoisotopic (exact) mass is 393 g/mol. The van der Waals surface area contributed by atoms with E-state index in [9.17, 15) is 24.6 Å². The van der Waals surface area contributed by atoms with Crippen LogP contribution in [0, 0.1) is 5.41 Å². The van der Waals surface area contributed by atoms with E-state index in [1.165, 1.54) is 4.90 Å². The van der Waals surface area contributed by atoms with E-state index in [4.69, 9.17) is 4.74 Å². The van der Waals surface area contributed by atoms with Crippen molar-refractivity contribution >= 4 is 18.0 Å². The number of rotatable bonds is 7. The summed E-state index contributed by atoms with van der Waals surface area (Å²) in [7, 11) is 0. The highest BCUT2D eigenvalue weighted by Crippen LogP contribution is 2.44. The number of carbonyl (C=O) groups is 3. The summed E-state index contributed by atoms with van der Waals surface area (Å²) in [5, 5.41) is 19.4. The van der Waals surface area contributed by atoms with Crippen LogP contribution in [0.4, 0.5) is 4.79 Å². The van der Waals surface area contributed by atoms with E-state index >= 15 is 0 Å². The van der Waals surface area contributed by atoms with E-state index in [0.29, 0.717) is 0 Å². The first-order chi connectivity index (χ1) is 12.7. The van der Waals surface area contributed by atoms with Gasteiger partial charge in [0.15, 0.2) is 0 Å². The Balaban J connectivity index is 3.39. The van der Waals surface area contributed by atoms with Crippen LogP contribution in [0.25, 0.3) is 0 Å². The second-order valence-corrected chi connectivity index (χ2v) is 8.86. The first-order valence-corrected chi connectivity index (χ1v) is 9.19. The van der Waals surface area contributed by atoms with Gasteiger partial charge in [-0.3, -0.25) is 9.69 Å². The standard InChI is InChI=1S/C21H31NO6/c1-19(2,3)21(17(25)26,13-12-16(23)24)22(20(4,5)6)18(27)28-14-15-10-8-7-9-11-15/h7-11H,12-14H2,1-6H3,(H,23,24)(H,25,26)/t21-/m0/s1. The molecule has 0 radical (unpaired) electrons. The maximum Gasteiger partial charge on any atom is 0.411 e. The van der Waals surface area contributed by atoms with Crippen molar-refractivity contribution in [1.82, 2.24) is 4.90 Å². The molecule has 1 aromatic rings. The molecule has 0 saturated carbocycles. The number of nitrogens with zero attached hydrogens (tertiary/aromatic N) is 1. The largest absolute Gasteiger partial charge is 0.481 e. The molecule has 2 N–H and O–H groups in total. The van der Waals surface area contributed by atoms with Crippen LogP contribution in [-0.4, -0.2) is 44.2 Å². The molecule has 0 spiro atoms. The fourth-order valence-electron chi connectivity index (χ4n) is 3.42. The lowest BCUT2D eigenvalue weighted by atomic mass is 9.68. The summed E-state index contributed by atoms with van der Waals surface area (Å²) in [4.78, 5) is 38.0. The number of hydrogen-bond donors (Lipinski definition) is 2. The fourth-order valence-corrected chi connectivity index (χ4v) is 3.42. The highest BCUT2D eigenvalue weighted by Gasteiger charge is 2.58. The molecule has 0 bridgehead atoms. The van der Waals surface area contributed by atoms with E-state index in [2.05, 4.69) is 0 Å². The van der Waals surface area contributed by atoms with Gasteiger partial charge in [-0.25, -0.2) is 9.59 Å². The Bertz CT molecular complexity index is 702. The second-order valence-electron chi connectivity index (χ2n) is 8.86. The van der Waals surface area contributed by atoms with Crippen LogP contribution in [0.5, 0.6) is 0 Å². The van der Waals surface area contributed by atoms with Gasteiger partial charge >= 0.3 is 18.0 Å². The first kappa shape index (κ1) is 23.5. The molecular weight excluding hydrogens is 362 g/mol. The molecule has 1 atom stereocenters. The summed E-state index contributed by atoms with van der Waals surface area (Å²) in [6.07, 6.45) is -1.42. The summed E-state index contributed by atoms with van der Waals surface area (Å²) in [5.74, 6) is -2.38. The number of amides is 1. The zero-order chi connectivity index (χ0) is 21.8. The quantitative estimate of drug-likeness (QED) is 0.721. The number of hydrogen-bond acceptors (Lipinski definition) is 4. The van der Waals surface area contributed by atoms with Crippen LogP contribution in [0.1, 0.15) is 59.9 Å². The minimum absolute atomic E-state index is 0.00890. The topological polar surface area (TPSA) is 104 Å². The summed E-state index contributed by atoms with van der Waals surface area (Å²) in [5.41, 5.74) is -2.87. The van der Waals surface area contributed by atoms with Crippen molar-refractivity contribution in [2.24, 2.45) is 5.41 Å². The van der Waals surface area contributed by atoms with Crippen molar-refractivity contribution < 1.29 is 29.3 Å². The lowest BCUT2D eigenvalue weighted by Crippen LogP contribution is -2.69. The maximum atomic E-state index is 13.1. The summed E-state index contributed by atoms with van der Waals surface area (Å²) >= 11 is 0. The molecule has 7 nitrogen and oxygen atoms in total. The number of aliphatic carboxylic acids is 2. The van der Waals surface area contributed by atoms with Crippen molar-refractivity contribution in [2.45, 2.75) is 72.1 Å². The molecule has 0 saturated heterocycles. The van der Waals surface area contributed by atoms with E-state index in [-0.39, 0.29) is 19.4 Å². The summed E-state index contributed by atoms with van der Waals surface area (Å²) in [6, 6.07) is 9.07. The lowest BCUT2D eigenvalue weighted by molar-refractivity contribution is -0.166. The van der Waals surface area contributed by atoms with Crippen molar-refractivity contribution in [1.29, 1.82) is 0 Å². The Morgan fingerprint density at radius 1 is 0.964 bits per heavy atom. The molecule has 1 aromatic carbocycles. The average Bonchev–Trinajstić information content (AvgIpc) is 2.54. The van der Waals surface area contributed by atoms with E-state index in [1.807, 2.05) is 18.2 Å². The van der Waals surface area contributed by atoms with Gasteiger partial charge in [0.1, 0.15) is 12.1 Å². The predicted molar refractivity (Wildman–Crippen MR) is 105 cm³/mol. The molecule has 0 fully saturated rings. The van der Waals surface area contributed by atoms with Gasteiger partial charge in [-0.05, 0) is 38.2 Å². The van der Waals surface area contributed by atoms with Gasteiger partial charge in [-0.15, -0.1) is 0 Å². The van der Waals surface area contributed by atoms with Gasteiger partial charge in [0, 0.05) is 12.0 Å². The molecule has 1 rings (SSSR count). The molecule has 0 aliphatic rings. The molecule has 156 valence electrons. The number of carbonyl (C=O) groups excluding carboxylic acids is 1. The van der Waals surface area contributed by atoms with E-state index in [0.717, 1.165) is 5.56 Å². The highest BCUT2D eigenvalue weighted by molar-refractivity contribution is 5.86. The lowest BCUT2D eigenvalue weighted by Gasteiger charge is -2.53. The summed E-state index contributed by atoms with van der Waals surface area (Å²) in [6.45, 7) is 10.2. The second kappa shape index (κ2) is 8.63. The molecule has 1 amide bonds. The Morgan fingerprint density at radius 2 is 1.50 bits per heavy atom. The Kier molecular flexibility index (Phi) is 7.23. The molecule has 0 aliphatic carbocycles. The van der Waals surface area contributed by atoms with Gasteiger partial charge in [-0.2, -0.15) is 0 Å². The first-order valence-electron chi connectivity index (χ1n) is 9.19. The Hall–Kier alpha value is -2.57. The van der Waals surface area contributed by atoms with Crippen molar-refractivity contribution in [3.05, 3.63) is 35.9 Å². The number of ether oxygens (including phenoxy) is 1. The van der Waals surface area contributed by atoms with Crippen LogP contribution in [0.3, 0.4) is 0 Å². The molecule has 0 aromatic heterocycles. The fraction of sp³-hybridized carbons (Fsp3) is 0.571. The smallest absolute Gasteiger partial charge is 0.411 e. The Morgan fingerprint density at radius 3 is 1.89 bits per heavy atom. The number of carboxylic acids is 2. The Labute approximate surface area is 166 Å². The van der Waals surface area contributed by atoms with E-state index < -0.39 is 34.5 Å². The SMILES string of the molecule is CC(C)(C)N(C(=O)OCc1ccccc1)[C@@](CCC(=O)O)(C(=O)O)C(C)(C)C. The van der Waals surface area contributed by atoms with Gasteiger partial charge in [0.2, 0.25) is 0 Å². The van der Waals surface area contributed by atoms with Crippen LogP contribution < -0.4 is 0 Å². The molecule has 0 heterocycles. The molecule has 0 unspecified atom stereocenters. The van der Waals surface area contributed by atoms with Crippen LogP contribution in [0.2, 0.25) is 0 Å². The van der Waals surface area contributed by atoms with Crippen molar-refractivity contribution in [3.63, 3.8) is 0 Å². The minimum atomic E-state index is -1.77. The van der Waals surface area contributed by atoms with Crippen LogP contribution in [0.15, 0.2) is 30.3 Å². The highest BCUT2D eigenvalue weighted by atomic mass is 16.6. The molecule has 0 aliphatic heterocycles. The maximum absolute atomic E-state index is 13.1. The van der Waals surface area contributed by atoms with Gasteiger partial charge < -0.3 is 14.9 Å². The van der Waals surface area contributed by atoms with Crippen LogP contribution >= 0.6 is 0 Å². The minimum Gasteiger partial charge on any atom is -0.481 e. The number of benzene rings is 1. The predicted octanol–water partition coefficient (Wildman–Crippen LogP) is 4.16. The van der Waals surface area contributed by atoms with Crippen LogP contribution in [-0.2, 0) is 20.9 Å². The third kappa shape index (κ3) is 5.24. The molecular formula is C21H31NO6. The van der Waals surface area contributed by atoms with Gasteiger partial charge in [0.25, 0.3) is 0 Å². The zero-order valence-corrected chi connectivity index (χ0v) is 17.5. The van der Waals surface area contributed by atoms with E-state index in [1.54, 1.807) is 53.7 Å². The summed E-state index contributed by atoms with van der Waals surface area (Å²) < 4.78 is 5.45. The van der Waals surface area contributed by atoms with Crippen molar-refractivity contribution in [2.75, 3.05) is 0 Å².